The number of hydrogen-bond acceptors (Lipinski definition) is 5. The van der Waals surface area contributed by atoms with Crippen LogP contribution in [0.3, 0.4) is 0 Å². The summed E-state index contributed by atoms with van der Waals surface area (Å²) in [4.78, 5) is 11.3. The van der Waals surface area contributed by atoms with Crippen LogP contribution >= 0.6 is 0 Å². The van der Waals surface area contributed by atoms with Crippen molar-refractivity contribution in [3.05, 3.63) is 11.8 Å². The first kappa shape index (κ1) is 15.0. The van der Waals surface area contributed by atoms with E-state index in [2.05, 4.69) is 28.7 Å². The van der Waals surface area contributed by atoms with Gasteiger partial charge in [0.15, 0.2) is 0 Å². The molecule has 1 unspecified atom stereocenters. The van der Waals surface area contributed by atoms with Crippen LogP contribution in [0.25, 0.3) is 0 Å². The minimum Gasteiger partial charge on any atom is -0.478 e. The van der Waals surface area contributed by atoms with E-state index in [9.17, 15) is 0 Å². The molecule has 1 aromatic rings. The SMILES string of the molecule is CCCOc1cc(C)nc(N2CCC(C(C)N)CC2)n1. The summed E-state index contributed by atoms with van der Waals surface area (Å²) in [5.74, 6) is 2.09. The number of rotatable bonds is 5. The van der Waals surface area contributed by atoms with Crippen molar-refractivity contribution in [2.75, 3.05) is 24.6 Å². The number of aromatic nitrogens is 2. The van der Waals surface area contributed by atoms with E-state index in [4.69, 9.17) is 10.5 Å². The lowest BCUT2D eigenvalue weighted by Gasteiger charge is -2.33. The molecule has 1 aliphatic heterocycles. The molecule has 0 spiro atoms. The van der Waals surface area contributed by atoms with Crippen molar-refractivity contribution in [3.63, 3.8) is 0 Å². The summed E-state index contributed by atoms with van der Waals surface area (Å²) >= 11 is 0. The van der Waals surface area contributed by atoms with Crippen molar-refractivity contribution in [2.24, 2.45) is 11.7 Å². The van der Waals surface area contributed by atoms with E-state index in [1.807, 2.05) is 13.0 Å². The van der Waals surface area contributed by atoms with Crippen LogP contribution in [0.1, 0.15) is 38.8 Å². The fourth-order valence-corrected chi connectivity index (χ4v) is 2.57. The van der Waals surface area contributed by atoms with Crippen LogP contribution in [-0.2, 0) is 0 Å². The number of ether oxygens (including phenoxy) is 1. The number of anilines is 1. The molecule has 2 heterocycles. The monoisotopic (exact) mass is 278 g/mol. The second-order valence-electron chi connectivity index (χ2n) is 5.68. The van der Waals surface area contributed by atoms with E-state index >= 15 is 0 Å². The molecule has 112 valence electrons. The van der Waals surface area contributed by atoms with Crippen LogP contribution in [0.2, 0.25) is 0 Å². The number of piperidine rings is 1. The molecule has 0 saturated carbocycles. The summed E-state index contributed by atoms with van der Waals surface area (Å²) < 4.78 is 5.63. The quantitative estimate of drug-likeness (QED) is 0.894. The second-order valence-corrected chi connectivity index (χ2v) is 5.68. The van der Waals surface area contributed by atoms with Crippen molar-refractivity contribution in [1.82, 2.24) is 9.97 Å². The van der Waals surface area contributed by atoms with Gasteiger partial charge in [-0.05, 0) is 39.0 Å². The van der Waals surface area contributed by atoms with Gasteiger partial charge in [-0.15, -0.1) is 0 Å². The van der Waals surface area contributed by atoms with E-state index < -0.39 is 0 Å². The zero-order valence-corrected chi connectivity index (χ0v) is 12.8. The lowest BCUT2D eigenvalue weighted by Crippen LogP contribution is -2.40. The summed E-state index contributed by atoms with van der Waals surface area (Å²) in [5, 5.41) is 0. The maximum atomic E-state index is 5.98. The Morgan fingerprint density at radius 2 is 2.10 bits per heavy atom. The molecule has 1 aliphatic rings. The van der Waals surface area contributed by atoms with Gasteiger partial charge in [0.25, 0.3) is 0 Å². The summed E-state index contributed by atoms with van der Waals surface area (Å²) in [5.41, 5.74) is 6.94. The highest BCUT2D eigenvalue weighted by molar-refractivity contribution is 5.34. The minimum atomic E-state index is 0.277. The molecule has 0 aliphatic carbocycles. The molecule has 1 aromatic heterocycles. The predicted octanol–water partition coefficient (Wildman–Crippen LogP) is 2.14. The van der Waals surface area contributed by atoms with E-state index in [1.165, 1.54) is 0 Å². The van der Waals surface area contributed by atoms with Gasteiger partial charge in [0.1, 0.15) is 0 Å². The Labute approximate surface area is 121 Å². The molecule has 0 bridgehead atoms. The third-order valence-electron chi connectivity index (χ3n) is 3.84. The van der Waals surface area contributed by atoms with Crippen molar-refractivity contribution >= 4 is 5.95 Å². The van der Waals surface area contributed by atoms with E-state index in [-0.39, 0.29) is 6.04 Å². The van der Waals surface area contributed by atoms with Crippen LogP contribution in [-0.4, -0.2) is 35.7 Å². The average Bonchev–Trinajstić information content (AvgIpc) is 2.44. The first-order valence-electron chi connectivity index (χ1n) is 7.59. The molecular formula is C15H26N4O. The van der Waals surface area contributed by atoms with Gasteiger partial charge in [-0.2, -0.15) is 4.98 Å². The number of nitrogens with two attached hydrogens (primary N) is 1. The first-order valence-corrected chi connectivity index (χ1v) is 7.59. The Morgan fingerprint density at radius 3 is 2.70 bits per heavy atom. The number of nitrogens with zero attached hydrogens (tertiary/aromatic N) is 3. The van der Waals surface area contributed by atoms with Gasteiger partial charge in [0.05, 0.1) is 6.61 Å². The predicted molar refractivity (Wildman–Crippen MR) is 81.1 cm³/mol. The van der Waals surface area contributed by atoms with Crippen LogP contribution in [0.15, 0.2) is 6.07 Å². The van der Waals surface area contributed by atoms with E-state index in [1.54, 1.807) is 0 Å². The molecule has 0 aromatic carbocycles. The van der Waals surface area contributed by atoms with Gasteiger partial charge in [0.2, 0.25) is 11.8 Å². The highest BCUT2D eigenvalue weighted by atomic mass is 16.5. The summed E-state index contributed by atoms with van der Waals surface area (Å²) in [6.07, 6.45) is 3.21. The third kappa shape index (κ3) is 3.82. The fourth-order valence-electron chi connectivity index (χ4n) is 2.57. The summed E-state index contributed by atoms with van der Waals surface area (Å²) in [7, 11) is 0. The Balaban J connectivity index is 2.03. The van der Waals surface area contributed by atoms with Gasteiger partial charge >= 0.3 is 0 Å². The lowest BCUT2D eigenvalue weighted by atomic mass is 9.91. The lowest BCUT2D eigenvalue weighted by molar-refractivity contribution is 0.303. The molecule has 5 heteroatoms. The zero-order chi connectivity index (χ0) is 14.5. The van der Waals surface area contributed by atoms with Crippen molar-refractivity contribution in [1.29, 1.82) is 0 Å². The van der Waals surface area contributed by atoms with Gasteiger partial charge in [0, 0.05) is 30.9 Å². The zero-order valence-electron chi connectivity index (χ0n) is 12.8. The molecule has 0 amide bonds. The largest absolute Gasteiger partial charge is 0.478 e. The smallest absolute Gasteiger partial charge is 0.228 e. The van der Waals surface area contributed by atoms with Gasteiger partial charge in [-0.1, -0.05) is 6.92 Å². The number of aryl methyl sites for hydroxylation is 1. The summed E-state index contributed by atoms with van der Waals surface area (Å²) in [6, 6.07) is 2.17. The molecule has 2 N–H and O–H groups in total. The highest BCUT2D eigenvalue weighted by Crippen LogP contribution is 2.24. The van der Waals surface area contributed by atoms with Crippen molar-refractivity contribution < 1.29 is 4.74 Å². The van der Waals surface area contributed by atoms with E-state index in [0.717, 1.165) is 44.0 Å². The Hall–Kier alpha value is -1.36. The van der Waals surface area contributed by atoms with Crippen molar-refractivity contribution in [2.45, 2.75) is 46.1 Å². The summed E-state index contributed by atoms with van der Waals surface area (Å²) in [6.45, 7) is 8.82. The van der Waals surface area contributed by atoms with Crippen LogP contribution < -0.4 is 15.4 Å². The molecule has 2 rings (SSSR count). The molecule has 1 fully saturated rings. The maximum absolute atomic E-state index is 5.98. The average molecular weight is 278 g/mol. The Bertz CT molecular complexity index is 428. The fraction of sp³-hybridized carbons (Fsp3) is 0.733. The topological polar surface area (TPSA) is 64.3 Å². The molecule has 1 atom stereocenters. The van der Waals surface area contributed by atoms with Crippen LogP contribution in [0.4, 0.5) is 5.95 Å². The molecule has 5 nitrogen and oxygen atoms in total. The van der Waals surface area contributed by atoms with Gasteiger partial charge in [-0.3, -0.25) is 0 Å². The molecule has 1 saturated heterocycles. The molecule has 20 heavy (non-hydrogen) atoms. The van der Waals surface area contributed by atoms with Crippen molar-refractivity contribution in [3.8, 4) is 5.88 Å². The Kier molecular flexibility index (Phi) is 5.17. The van der Waals surface area contributed by atoms with E-state index in [0.29, 0.717) is 18.4 Å². The van der Waals surface area contributed by atoms with Crippen LogP contribution in [0.5, 0.6) is 5.88 Å². The minimum absolute atomic E-state index is 0.277. The highest BCUT2D eigenvalue weighted by Gasteiger charge is 2.23. The number of hydrogen-bond donors (Lipinski definition) is 1. The third-order valence-corrected chi connectivity index (χ3v) is 3.84. The van der Waals surface area contributed by atoms with Crippen LogP contribution in [0, 0.1) is 12.8 Å². The molecular weight excluding hydrogens is 252 g/mol. The second kappa shape index (κ2) is 6.88. The standard InChI is InChI=1S/C15H26N4O/c1-4-9-20-14-10-11(2)17-15(18-14)19-7-5-13(6-8-19)12(3)16/h10,12-13H,4-9,16H2,1-3H3. The Morgan fingerprint density at radius 1 is 1.40 bits per heavy atom. The maximum Gasteiger partial charge on any atom is 0.228 e. The van der Waals surface area contributed by atoms with Gasteiger partial charge < -0.3 is 15.4 Å². The van der Waals surface area contributed by atoms with Gasteiger partial charge in [-0.25, -0.2) is 4.98 Å². The molecule has 0 radical (unpaired) electrons. The normalized spacial score (nSPS) is 18.1. The first-order chi connectivity index (χ1) is 9.60.